The maximum atomic E-state index is 12.6. The van der Waals surface area contributed by atoms with Gasteiger partial charge in [-0.05, 0) is 30.2 Å². The molecular formula is C21H25ClN2O. The number of hydrogen-bond acceptors (Lipinski definition) is 1. The van der Waals surface area contributed by atoms with E-state index in [2.05, 4.69) is 36.4 Å². The Balaban J connectivity index is 0.00000225. The van der Waals surface area contributed by atoms with Gasteiger partial charge in [0, 0.05) is 5.56 Å². The van der Waals surface area contributed by atoms with Crippen LogP contribution in [0.3, 0.4) is 0 Å². The molecule has 1 amide bonds. The Morgan fingerprint density at radius 3 is 2.36 bits per heavy atom. The number of piperazine rings is 1. The topological polar surface area (TPSA) is 24.8 Å². The molecule has 1 aliphatic heterocycles. The molecule has 132 valence electrons. The molecule has 3 rings (SSSR count). The average Bonchev–Trinajstić information content (AvgIpc) is 2.63. The van der Waals surface area contributed by atoms with E-state index in [1.807, 2.05) is 42.2 Å². The van der Waals surface area contributed by atoms with Gasteiger partial charge in [-0.25, -0.2) is 0 Å². The molecule has 4 heteroatoms. The van der Waals surface area contributed by atoms with Crippen LogP contribution in [0.1, 0.15) is 21.5 Å². The van der Waals surface area contributed by atoms with Crippen molar-refractivity contribution in [3.8, 4) is 0 Å². The Labute approximate surface area is 156 Å². The highest BCUT2D eigenvalue weighted by atomic mass is 35.5. The third-order valence-corrected chi connectivity index (χ3v) is 4.65. The smallest absolute Gasteiger partial charge is 0.254 e. The highest BCUT2D eigenvalue weighted by Gasteiger charge is 2.24. The molecule has 1 heterocycles. The first-order valence-electron chi connectivity index (χ1n) is 8.64. The van der Waals surface area contributed by atoms with Crippen molar-refractivity contribution in [2.24, 2.45) is 0 Å². The van der Waals surface area contributed by atoms with E-state index < -0.39 is 0 Å². The number of carbonyl (C=O) groups excluding carboxylic acids is 1. The molecule has 2 aromatic carbocycles. The Bertz CT molecular complexity index is 707. The summed E-state index contributed by atoms with van der Waals surface area (Å²) in [5.74, 6) is 0.173. The number of benzene rings is 2. The molecule has 3 nitrogen and oxygen atoms in total. The highest BCUT2D eigenvalue weighted by molar-refractivity contribution is 5.95. The Morgan fingerprint density at radius 1 is 1.04 bits per heavy atom. The van der Waals surface area contributed by atoms with Crippen molar-refractivity contribution >= 4 is 12.0 Å². The molecule has 1 aliphatic rings. The lowest BCUT2D eigenvalue weighted by Gasteiger charge is -2.32. The van der Waals surface area contributed by atoms with Crippen LogP contribution in [0.15, 0.2) is 60.7 Å². The lowest BCUT2D eigenvalue weighted by molar-refractivity contribution is -0.898. The van der Waals surface area contributed by atoms with Gasteiger partial charge >= 0.3 is 0 Å². The van der Waals surface area contributed by atoms with E-state index in [1.165, 1.54) is 10.5 Å². The van der Waals surface area contributed by atoms with E-state index in [0.717, 1.165) is 43.9 Å². The molecule has 0 atom stereocenters. The quantitative estimate of drug-likeness (QED) is 0.751. The summed E-state index contributed by atoms with van der Waals surface area (Å²) in [5.41, 5.74) is 3.14. The van der Waals surface area contributed by atoms with E-state index in [0.29, 0.717) is 0 Å². The predicted molar refractivity (Wildman–Crippen MR) is 98.1 cm³/mol. The van der Waals surface area contributed by atoms with Gasteiger partial charge in [0.2, 0.25) is 0 Å². The second kappa shape index (κ2) is 9.40. The number of nitrogens with one attached hydrogen (secondary N) is 1. The number of amides is 1. The monoisotopic (exact) mass is 356 g/mol. The third kappa shape index (κ3) is 5.18. The summed E-state index contributed by atoms with van der Waals surface area (Å²) >= 11 is 0. The van der Waals surface area contributed by atoms with Gasteiger partial charge in [-0.15, -0.1) is 0 Å². The summed E-state index contributed by atoms with van der Waals surface area (Å²) in [6.07, 6.45) is 4.42. The van der Waals surface area contributed by atoms with Crippen molar-refractivity contribution < 1.29 is 22.1 Å². The molecular weight excluding hydrogens is 332 g/mol. The van der Waals surface area contributed by atoms with Crippen LogP contribution in [0.25, 0.3) is 6.08 Å². The molecule has 2 aromatic rings. The number of aryl methyl sites for hydroxylation is 1. The van der Waals surface area contributed by atoms with Crippen LogP contribution in [0.4, 0.5) is 0 Å². The van der Waals surface area contributed by atoms with Gasteiger partial charge in [0.15, 0.2) is 0 Å². The lowest BCUT2D eigenvalue weighted by Crippen LogP contribution is -3.14. The first kappa shape index (κ1) is 19.2. The van der Waals surface area contributed by atoms with Gasteiger partial charge in [0.05, 0.1) is 32.7 Å². The minimum absolute atomic E-state index is 0. The number of hydrogen-bond donors (Lipinski definition) is 1. The van der Waals surface area contributed by atoms with Crippen molar-refractivity contribution in [3.05, 3.63) is 77.4 Å². The van der Waals surface area contributed by atoms with Gasteiger partial charge in [0.1, 0.15) is 0 Å². The maximum Gasteiger partial charge on any atom is 0.254 e. The van der Waals surface area contributed by atoms with E-state index in [1.54, 1.807) is 0 Å². The average molecular weight is 357 g/mol. The van der Waals surface area contributed by atoms with Gasteiger partial charge in [-0.1, -0.05) is 54.6 Å². The second-order valence-electron chi connectivity index (χ2n) is 6.37. The summed E-state index contributed by atoms with van der Waals surface area (Å²) in [6.45, 7) is 6.71. The van der Waals surface area contributed by atoms with Crippen LogP contribution in [0, 0.1) is 6.92 Å². The SMILES string of the molecule is Cc1ccccc1C(=O)N1CC[NH+](CC=Cc2ccccc2)CC1.[Cl-]. The summed E-state index contributed by atoms with van der Waals surface area (Å²) < 4.78 is 0. The Morgan fingerprint density at radius 2 is 1.68 bits per heavy atom. The molecule has 0 aromatic heterocycles. The normalized spacial score (nSPS) is 15.2. The molecule has 0 bridgehead atoms. The highest BCUT2D eigenvalue weighted by Crippen LogP contribution is 2.10. The van der Waals surface area contributed by atoms with Crippen LogP contribution in [-0.4, -0.2) is 43.5 Å². The number of rotatable bonds is 4. The molecule has 1 fully saturated rings. The maximum absolute atomic E-state index is 12.6. The molecule has 1 saturated heterocycles. The van der Waals surface area contributed by atoms with Crippen LogP contribution in [0.2, 0.25) is 0 Å². The van der Waals surface area contributed by atoms with Crippen molar-refractivity contribution in [2.75, 3.05) is 32.7 Å². The van der Waals surface area contributed by atoms with Gasteiger partial charge < -0.3 is 22.2 Å². The Kier molecular flexibility index (Phi) is 7.23. The fraction of sp³-hybridized carbons (Fsp3) is 0.286. The van der Waals surface area contributed by atoms with Crippen molar-refractivity contribution in [1.82, 2.24) is 4.90 Å². The molecule has 0 radical (unpaired) electrons. The first-order chi connectivity index (χ1) is 11.7. The van der Waals surface area contributed by atoms with E-state index in [4.69, 9.17) is 0 Å². The van der Waals surface area contributed by atoms with Gasteiger partial charge in [-0.3, -0.25) is 4.79 Å². The summed E-state index contributed by atoms with van der Waals surface area (Å²) in [6, 6.07) is 18.2. The van der Waals surface area contributed by atoms with Crippen LogP contribution < -0.4 is 17.3 Å². The molecule has 0 aliphatic carbocycles. The number of quaternary nitrogens is 1. The number of carbonyl (C=O) groups is 1. The van der Waals surface area contributed by atoms with E-state index in [9.17, 15) is 4.79 Å². The molecule has 25 heavy (non-hydrogen) atoms. The van der Waals surface area contributed by atoms with Crippen LogP contribution in [-0.2, 0) is 0 Å². The van der Waals surface area contributed by atoms with E-state index in [-0.39, 0.29) is 18.3 Å². The minimum atomic E-state index is 0. The Hall–Kier alpha value is -2.10. The molecule has 0 spiro atoms. The van der Waals surface area contributed by atoms with E-state index >= 15 is 0 Å². The fourth-order valence-corrected chi connectivity index (χ4v) is 3.14. The van der Waals surface area contributed by atoms with Crippen molar-refractivity contribution in [1.29, 1.82) is 0 Å². The number of nitrogens with zero attached hydrogens (tertiary/aromatic N) is 1. The minimum Gasteiger partial charge on any atom is -1.00 e. The number of halogens is 1. The molecule has 1 N–H and O–H groups in total. The molecule has 0 unspecified atom stereocenters. The van der Waals surface area contributed by atoms with Crippen LogP contribution >= 0.6 is 0 Å². The zero-order valence-electron chi connectivity index (χ0n) is 14.6. The first-order valence-corrected chi connectivity index (χ1v) is 8.64. The zero-order valence-corrected chi connectivity index (χ0v) is 15.4. The standard InChI is InChI=1S/C21H24N2O.ClH/c1-18-8-5-6-12-20(18)21(24)23-16-14-22(15-17-23)13-7-11-19-9-3-2-4-10-19;/h2-12H,13-17H2,1H3;1H. The largest absolute Gasteiger partial charge is 1.00 e. The van der Waals surface area contributed by atoms with Crippen molar-refractivity contribution in [2.45, 2.75) is 6.92 Å². The second-order valence-corrected chi connectivity index (χ2v) is 6.37. The zero-order chi connectivity index (χ0) is 16.8. The van der Waals surface area contributed by atoms with Gasteiger partial charge in [0.25, 0.3) is 5.91 Å². The predicted octanol–water partition coefficient (Wildman–Crippen LogP) is -0.947. The summed E-state index contributed by atoms with van der Waals surface area (Å²) in [7, 11) is 0. The summed E-state index contributed by atoms with van der Waals surface area (Å²) in [5, 5.41) is 0. The molecule has 0 saturated carbocycles. The fourth-order valence-electron chi connectivity index (χ4n) is 3.14. The third-order valence-electron chi connectivity index (χ3n) is 4.65. The van der Waals surface area contributed by atoms with Crippen LogP contribution in [0.5, 0.6) is 0 Å². The van der Waals surface area contributed by atoms with Crippen molar-refractivity contribution in [3.63, 3.8) is 0 Å². The summed E-state index contributed by atoms with van der Waals surface area (Å²) in [4.78, 5) is 16.2. The van der Waals surface area contributed by atoms with Gasteiger partial charge in [-0.2, -0.15) is 0 Å². The lowest BCUT2D eigenvalue weighted by atomic mass is 10.1.